The molecule has 0 N–H and O–H groups in total. The van der Waals surface area contributed by atoms with Crippen molar-refractivity contribution in [1.82, 2.24) is 14.3 Å². The molecule has 1 aliphatic heterocycles. The summed E-state index contributed by atoms with van der Waals surface area (Å²) in [7, 11) is 0. The van der Waals surface area contributed by atoms with Crippen LogP contribution in [0.1, 0.15) is 5.69 Å². The minimum absolute atomic E-state index is 0.0595. The van der Waals surface area contributed by atoms with Gasteiger partial charge < -0.3 is 9.80 Å². The Morgan fingerprint density at radius 1 is 1.07 bits per heavy atom. The number of aromatic nitrogens is 2. The average molecular weight is 385 g/mol. The lowest BCUT2D eigenvalue weighted by Gasteiger charge is -2.35. The largest absolute Gasteiger partial charge is 0.368 e. The molecule has 27 heavy (non-hydrogen) atoms. The first-order valence-electron chi connectivity index (χ1n) is 8.72. The normalized spacial score (nSPS) is 15.0. The molecule has 1 aliphatic rings. The maximum atomic E-state index is 13.1. The Labute approximate surface area is 161 Å². The van der Waals surface area contributed by atoms with Gasteiger partial charge in [-0.25, -0.2) is 9.37 Å². The van der Waals surface area contributed by atoms with E-state index in [-0.39, 0.29) is 11.7 Å². The van der Waals surface area contributed by atoms with Gasteiger partial charge in [-0.05, 0) is 42.5 Å². The molecule has 0 spiro atoms. The highest BCUT2D eigenvalue weighted by Crippen LogP contribution is 2.20. The summed E-state index contributed by atoms with van der Waals surface area (Å²) >= 11 is 6.19. The maximum Gasteiger partial charge on any atom is 0.246 e. The Kier molecular flexibility index (Phi) is 4.81. The number of halogens is 2. The quantitative estimate of drug-likeness (QED) is 0.649. The minimum atomic E-state index is -0.247. The molecule has 0 saturated carbocycles. The number of nitrogens with zero attached hydrogens (tertiary/aromatic N) is 4. The van der Waals surface area contributed by atoms with E-state index < -0.39 is 0 Å². The Bertz CT molecular complexity index is 991. The van der Waals surface area contributed by atoms with Crippen LogP contribution in [0, 0.1) is 5.82 Å². The highest BCUT2D eigenvalue weighted by Gasteiger charge is 2.20. The number of imidazole rings is 1. The van der Waals surface area contributed by atoms with Crippen LogP contribution in [-0.4, -0.2) is 46.4 Å². The zero-order valence-corrected chi connectivity index (χ0v) is 15.3. The molecule has 1 aromatic carbocycles. The third-order valence-corrected chi connectivity index (χ3v) is 4.97. The first-order chi connectivity index (χ1) is 13.1. The van der Waals surface area contributed by atoms with Crippen LogP contribution in [0.3, 0.4) is 0 Å². The summed E-state index contributed by atoms with van der Waals surface area (Å²) in [6.07, 6.45) is 5.10. The summed E-state index contributed by atoms with van der Waals surface area (Å²) in [5.41, 5.74) is 2.39. The number of hydrogen-bond donors (Lipinski definition) is 0. The average Bonchev–Trinajstić information content (AvgIpc) is 3.02. The van der Waals surface area contributed by atoms with Crippen molar-refractivity contribution in [2.45, 2.75) is 0 Å². The van der Waals surface area contributed by atoms with Gasteiger partial charge in [0, 0.05) is 44.1 Å². The van der Waals surface area contributed by atoms with Crippen LogP contribution < -0.4 is 4.90 Å². The first-order valence-corrected chi connectivity index (χ1v) is 9.10. The predicted octanol–water partition coefficient (Wildman–Crippen LogP) is 3.49. The van der Waals surface area contributed by atoms with Crippen LogP contribution in [0.2, 0.25) is 5.15 Å². The number of hydrogen-bond acceptors (Lipinski definition) is 3. The molecule has 5 nitrogen and oxygen atoms in total. The lowest BCUT2D eigenvalue weighted by atomic mass is 10.2. The number of carbonyl (C=O) groups is 1. The fourth-order valence-electron chi connectivity index (χ4n) is 3.23. The van der Waals surface area contributed by atoms with Crippen molar-refractivity contribution in [3.8, 4) is 0 Å². The highest BCUT2D eigenvalue weighted by molar-refractivity contribution is 6.31. The van der Waals surface area contributed by atoms with Crippen molar-refractivity contribution < 1.29 is 9.18 Å². The van der Waals surface area contributed by atoms with Crippen molar-refractivity contribution in [3.05, 3.63) is 71.4 Å². The molecule has 3 aromatic rings. The standard InChI is InChI=1S/C20H18ClFN4O/c21-20-17(26-10-2-1-3-18(26)23-20)8-9-19(27)25-13-11-24(12-14-25)16-6-4-15(22)5-7-16/h1-10H,11-14H2. The van der Waals surface area contributed by atoms with Gasteiger partial charge in [-0.2, -0.15) is 0 Å². The van der Waals surface area contributed by atoms with Crippen molar-refractivity contribution in [1.29, 1.82) is 0 Å². The van der Waals surface area contributed by atoms with Gasteiger partial charge in [-0.3, -0.25) is 9.20 Å². The van der Waals surface area contributed by atoms with E-state index in [2.05, 4.69) is 9.88 Å². The molecule has 7 heteroatoms. The van der Waals surface area contributed by atoms with Crippen LogP contribution in [0.15, 0.2) is 54.7 Å². The van der Waals surface area contributed by atoms with Gasteiger partial charge in [0.25, 0.3) is 0 Å². The summed E-state index contributed by atoms with van der Waals surface area (Å²) in [6, 6.07) is 12.1. The van der Waals surface area contributed by atoms with Gasteiger partial charge >= 0.3 is 0 Å². The van der Waals surface area contributed by atoms with Gasteiger partial charge in [0.1, 0.15) is 11.5 Å². The molecule has 1 amide bonds. The zero-order valence-electron chi connectivity index (χ0n) is 14.6. The highest BCUT2D eigenvalue weighted by atomic mass is 35.5. The Morgan fingerprint density at radius 2 is 1.81 bits per heavy atom. The number of rotatable bonds is 3. The Morgan fingerprint density at radius 3 is 2.56 bits per heavy atom. The predicted molar refractivity (Wildman–Crippen MR) is 104 cm³/mol. The van der Waals surface area contributed by atoms with Gasteiger partial charge in [-0.1, -0.05) is 17.7 Å². The molecular weight excluding hydrogens is 367 g/mol. The van der Waals surface area contributed by atoms with Crippen molar-refractivity contribution in [2.24, 2.45) is 0 Å². The van der Waals surface area contributed by atoms with Gasteiger partial charge in [0.2, 0.25) is 5.91 Å². The van der Waals surface area contributed by atoms with Crippen molar-refractivity contribution in [3.63, 3.8) is 0 Å². The number of carbonyl (C=O) groups excluding carboxylic acids is 1. The van der Waals surface area contributed by atoms with E-state index in [9.17, 15) is 9.18 Å². The molecule has 1 saturated heterocycles. The molecule has 0 radical (unpaired) electrons. The van der Waals surface area contributed by atoms with Crippen LogP contribution >= 0.6 is 11.6 Å². The molecule has 0 aliphatic carbocycles. The number of anilines is 1. The summed E-state index contributed by atoms with van der Waals surface area (Å²) in [6.45, 7) is 2.64. The number of piperazine rings is 1. The summed E-state index contributed by atoms with van der Waals surface area (Å²) in [5.74, 6) is -0.306. The Balaban J connectivity index is 1.41. The smallest absolute Gasteiger partial charge is 0.246 e. The number of benzene rings is 1. The summed E-state index contributed by atoms with van der Waals surface area (Å²) in [5, 5.41) is 0.367. The van der Waals surface area contributed by atoms with Gasteiger partial charge in [0.15, 0.2) is 5.15 Å². The second kappa shape index (κ2) is 7.40. The third-order valence-electron chi connectivity index (χ3n) is 4.69. The Hall–Kier alpha value is -2.86. The van der Waals surface area contributed by atoms with E-state index in [1.165, 1.54) is 18.2 Å². The topological polar surface area (TPSA) is 40.9 Å². The molecule has 0 bridgehead atoms. The monoisotopic (exact) mass is 384 g/mol. The maximum absolute atomic E-state index is 13.1. The molecule has 4 rings (SSSR count). The molecule has 0 unspecified atom stereocenters. The molecule has 2 aromatic heterocycles. The van der Waals surface area contributed by atoms with Crippen LogP contribution in [-0.2, 0) is 4.79 Å². The zero-order chi connectivity index (χ0) is 18.8. The fourth-order valence-corrected chi connectivity index (χ4v) is 3.47. The lowest BCUT2D eigenvalue weighted by molar-refractivity contribution is -0.126. The van der Waals surface area contributed by atoms with Gasteiger partial charge in [-0.15, -0.1) is 0 Å². The summed E-state index contributed by atoms with van der Waals surface area (Å²) in [4.78, 5) is 20.7. The SMILES string of the molecule is O=C(C=Cc1c(Cl)nc2ccccn12)N1CCN(c2ccc(F)cc2)CC1. The van der Waals surface area contributed by atoms with Crippen LogP contribution in [0.5, 0.6) is 0 Å². The number of pyridine rings is 1. The first kappa shape index (κ1) is 17.5. The molecule has 138 valence electrons. The van der Waals surface area contributed by atoms with Crippen molar-refractivity contribution >= 4 is 34.9 Å². The molecule has 3 heterocycles. The molecule has 0 atom stereocenters. The second-order valence-electron chi connectivity index (χ2n) is 6.34. The second-order valence-corrected chi connectivity index (χ2v) is 6.70. The van der Waals surface area contributed by atoms with Crippen LogP contribution in [0.25, 0.3) is 11.7 Å². The molecule has 1 fully saturated rings. The van der Waals surface area contributed by atoms with E-state index in [1.54, 1.807) is 23.1 Å². The lowest BCUT2D eigenvalue weighted by Crippen LogP contribution is -2.48. The number of fused-ring (bicyclic) bond motifs is 1. The van der Waals surface area contributed by atoms with E-state index in [1.807, 2.05) is 28.8 Å². The van der Waals surface area contributed by atoms with E-state index >= 15 is 0 Å². The van der Waals surface area contributed by atoms with Crippen molar-refractivity contribution in [2.75, 3.05) is 31.1 Å². The third kappa shape index (κ3) is 3.66. The minimum Gasteiger partial charge on any atom is -0.368 e. The summed E-state index contributed by atoms with van der Waals surface area (Å²) < 4.78 is 14.9. The van der Waals surface area contributed by atoms with Crippen LogP contribution in [0.4, 0.5) is 10.1 Å². The van der Waals surface area contributed by atoms with E-state index in [0.717, 1.165) is 11.3 Å². The fraction of sp³-hybridized carbons (Fsp3) is 0.200. The van der Waals surface area contributed by atoms with Gasteiger partial charge in [0.05, 0.1) is 5.69 Å². The van der Waals surface area contributed by atoms with E-state index in [4.69, 9.17) is 11.6 Å². The van der Waals surface area contributed by atoms with E-state index in [0.29, 0.717) is 37.0 Å². The number of amides is 1. The molecular formula is C20H18ClFN4O.